The molecule has 0 amide bonds. The first kappa shape index (κ1) is 7.22. The number of nitrogens with two attached hydrogens (primary N) is 1. The van der Waals surface area contributed by atoms with Gasteiger partial charge in [-0.2, -0.15) is 12.6 Å². The maximum absolute atomic E-state index is 5.53. The fourth-order valence-corrected chi connectivity index (χ4v) is 0.921. The van der Waals surface area contributed by atoms with Gasteiger partial charge in [0, 0.05) is 5.69 Å². The van der Waals surface area contributed by atoms with Gasteiger partial charge in [0.05, 0.1) is 0 Å². The monoisotopic (exact) mass is 151 g/mol. The normalized spacial score (nSPS) is 10.5. The first-order valence-corrected chi connectivity index (χ1v) is 3.51. The highest BCUT2D eigenvalue weighted by molar-refractivity contribution is 7.83. The average Bonchev–Trinajstić information content (AvgIpc) is 1.88. The van der Waals surface area contributed by atoms with E-state index in [4.69, 9.17) is 5.73 Å². The fourth-order valence-electron chi connectivity index (χ4n) is 0.749. The Balaban J connectivity index is 2.95. The van der Waals surface area contributed by atoms with E-state index in [2.05, 4.69) is 12.6 Å². The van der Waals surface area contributed by atoms with E-state index in [1.165, 1.54) is 0 Å². The molecular formula is C8H9NS. The SMILES string of the molecule is Nc1cccc(/C=C/S)c1. The third kappa shape index (κ3) is 1.81. The predicted molar refractivity (Wildman–Crippen MR) is 48.9 cm³/mol. The summed E-state index contributed by atoms with van der Waals surface area (Å²) in [7, 11) is 0. The Bertz CT molecular complexity index is 243. The second-order valence-electron chi connectivity index (χ2n) is 1.99. The number of nitrogen functional groups attached to an aromatic ring is 1. The van der Waals surface area contributed by atoms with E-state index in [0.29, 0.717) is 0 Å². The number of thiol groups is 1. The molecule has 0 spiro atoms. The number of rotatable bonds is 1. The van der Waals surface area contributed by atoms with Crippen molar-refractivity contribution in [3.05, 3.63) is 35.2 Å². The van der Waals surface area contributed by atoms with Crippen molar-refractivity contribution in [3.63, 3.8) is 0 Å². The molecule has 52 valence electrons. The second-order valence-corrected chi connectivity index (χ2v) is 2.28. The van der Waals surface area contributed by atoms with Crippen molar-refractivity contribution in [1.29, 1.82) is 0 Å². The standard InChI is InChI=1S/C8H9NS/c9-8-3-1-2-7(6-8)4-5-10/h1-6,10H,9H2/b5-4+. The van der Waals surface area contributed by atoms with Gasteiger partial charge in [-0.25, -0.2) is 0 Å². The van der Waals surface area contributed by atoms with Crippen molar-refractivity contribution in [2.75, 3.05) is 5.73 Å². The molecule has 1 aromatic rings. The van der Waals surface area contributed by atoms with Crippen LogP contribution in [0.1, 0.15) is 5.56 Å². The lowest BCUT2D eigenvalue weighted by atomic mass is 10.2. The molecule has 0 aliphatic heterocycles. The molecule has 0 fully saturated rings. The van der Waals surface area contributed by atoms with Gasteiger partial charge in [-0.3, -0.25) is 0 Å². The van der Waals surface area contributed by atoms with Crippen LogP contribution in [0.2, 0.25) is 0 Å². The zero-order chi connectivity index (χ0) is 7.40. The predicted octanol–water partition coefficient (Wildman–Crippen LogP) is 2.17. The Kier molecular flexibility index (Phi) is 2.40. The average molecular weight is 151 g/mol. The number of hydrogen-bond acceptors (Lipinski definition) is 2. The van der Waals surface area contributed by atoms with Gasteiger partial charge >= 0.3 is 0 Å². The minimum absolute atomic E-state index is 0.781. The fraction of sp³-hybridized carbons (Fsp3) is 0. The van der Waals surface area contributed by atoms with Crippen LogP contribution in [0.3, 0.4) is 0 Å². The van der Waals surface area contributed by atoms with E-state index in [-0.39, 0.29) is 0 Å². The molecule has 1 rings (SSSR count). The van der Waals surface area contributed by atoms with Gasteiger partial charge < -0.3 is 5.73 Å². The zero-order valence-corrected chi connectivity index (χ0v) is 6.38. The van der Waals surface area contributed by atoms with Crippen molar-refractivity contribution < 1.29 is 0 Å². The lowest BCUT2D eigenvalue weighted by Gasteiger charge is -1.93. The molecule has 2 heteroatoms. The summed E-state index contributed by atoms with van der Waals surface area (Å²) in [6.45, 7) is 0. The van der Waals surface area contributed by atoms with E-state index in [1.54, 1.807) is 5.41 Å². The number of anilines is 1. The number of hydrogen-bond donors (Lipinski definition) is 2. The van der Waals surface area contributed by atoms with Crippen LogP contribution >= 0.6 is 12.6 Å². The highest BCUT2D eigenvalue weighted by Crippen LogP contribution is 2.07. The van der Waals surface area contributed by atoms with Gasteiger partial charge in [0.25, 0.3) is 0 Å². The topological polar surface area (TPSA) is 26.0 Å². The summed E-state index contributed by atoms with van der Waals surface area (Å²) in [4.78, 5) is 0. The molecule has 0 saturated carbocycles. The zero-order valence-electron chi connectivity index (χ0n) is 5.49. The summed E-state index contributed by atoms with van der Waals surface area (Å²) in [6.07, 6.45) is 1.89. The first-order valence-electron chi connectivity index (χ1n) is 2.99. The van der Waals surface area contributed by atoms with E-state index in [0.717, 1.165) is 11.3 Å². The van der Waals surface area contributed by atoms with Gasteiger partial charge in [-0.1, -0.05) is 12.1 Å². The lowest BCUT2D eigenvalue weighted by molar-refractivity contribution is 1.65. The first-order chi connectivity index (χ1) is 4.83. The molecule has 0 heterocycles. The Morgan fingerprint density at radius 2 is 2.20 bits per heavy atom. The molecule has 1 nitrogen and oxygen atoms in total. The van der Waals surface area contributed by atoms with E-state index in [9.17, 15) is 0 Å². The summed E-state index contributed by atoms with van der Waals surface area (Å²) in [5.74, 6) is 0. The van der Waals surface area contributed by atoms with Crippen LogP contribution in [-0.4, -0.2) is 0 Å². The van der Waals surface area contributed by atoms with Crippen LogP contribution < -0.4 is 5.73 Å². The van der Waals surface area contributed by atoms with Gasteiger partial charge in [0.2, 0.25) is 0 Å². The highest BCUT2D eigenvalue weighted by atomic mass is 32.1. The van der Waals surface area contributed by atoms with Crippen LogP contribution in [0.15, 0.2) is 29.7 Å². The third-order valence-electron chi connectivity index (χ3n) is 1.18. The second kappa shape index (κ2) is 3.32. The number of benzene rings is 1. The van der Waals surface area contributed by atoms with E-state index in [1.807, 2.05) is 30.3 Å². The van der Waals surface area contributed by atoms with E-state index < -0.39 is 0 Å². The van der Waals surface area contributed by atoms with Crippen molar-refractivity contribution in [3.8, 4) is 0 Å². The van der Waals surface area contributed by atoms with Crippen molar-refractivity contribution >= 4 is 24.4 Å². The Morgan fingerprint density at radius 1 is 1.40 bits per heavy atom. The minimum atomic E-state index is 0.781. The van der Waals surface area contributed by atoms with Crippen LogP contribution in [0.5, 0.6) is 0 Å². The van der Waals surface area contributed by atoms with Gasteiger partial charge in [-0.05, 0) is 29.2 Å². The van der Waals surface area contributed by atoms with Crippen LogP contribution in [0.25, 0.3) is 6.08 Å². The molecule has 0 unspecified atom stereocenters. The Morgan fingerprint density at radius 3 is 2.80 bits per heavy atom. The maximum atomic E-state index is 5.53. The Hall–Kier alpha value is -0.890. The summed E-state index contributed by atoms with van der Waals surface area (Å²) in [5, 5.41) is 1.69. The molecule has 0 radical (unpaired) electrons. The molecular weight excluding hydrogens is 142 g/mol. The molecule has 2 N–H and O–H groups in total. The van der Waals surface area contributed by atoms with Crippen molar-refractivity contribution in [1.82, 2.24) is 0 Å². The quantitative estimate of drug-likeness (QED) is 0.467. The summed E-state index contributed by atoms with van der Waals surface area (Å²) >= 11 is 3.94. The molecule has 1 aromatic carbocycles. The lowest BCUT2D eigenvalue weighted by Crippen LogP contribution is -1.82. The molecule has 10 heavy (non-hydrogen) atoms. The molecule has 0 aliphatic rings. The summed E-state index contributed by atoms with van der Waals surface area (Å²) < 4.78 is 0. The largest absolute Gasteiger partial charge is 0.399 e. The molecule has 0 atom stereocenters. The summed E-state index contributed by atoms with van der Waals surface area (Å²) in [6, 6.07) is 7.64. The molecule has 0 bridgehead atoms. The van der Waals surface area contributed by atoms with E-state index >= 15 is 0 Å². The molecule has 0 aliphatic carbocycles. The van der Waals surface area contributed by atoms with Crippen LogP contribution in [-0.2, 0) is 0 Å². The van der Waals surface area contributed by atoms with Crippen LogP contribution in [0, 0.1) is 0 Å². The van der Waals surface area contributed by atoms with Gasteiger partial charge in [0.1, 0.15) is 0 Å². The summed E-state index contributed by atoms with van der Waals surface area (Å²) in [5.41, 5.74) is 7.39. The minimum Gasteiger partial charge on any atom is -0.399 e. The van der Waals surface area contributed by atoms with Crippen LogP contribution in [0.4, 0.5) is 5.69 Å². The Labute approximate surface area is 66.0 Å². The smallest absolute Gasteiger partial charge is 0.0319 e. The highest BCUT2D eigenvalue weighted by Gasteiger charge is 1.84. The maximum Gasteiger partial charge on any atom is 0.0319 e. The van der Waals surface area contributed by atoms with Crippen molar-refractivity contribution in [2.24, 2.45) is 0 Å². The third-order valence-corrected chi connectivity index (χ3v) is 1.33. The van der Waals surface area contributed by atoms with Gasteiger partial charge in [-0.15, -0.1) is 0 Å². The molecule has 0 aromatic heterocycles. The molecule has 0 saturated heterocycles. The van der Waals surface area contributed by atoms with Crippen molar-refractivity contribution in [2.45, 2.75) is 0 Å². The van der Waals surface area contributed by atoms with Gasteiger partial charge in [0.15, 0.2) is 0 Å².